The van der Waals surface area contributed by atoms with Gasteiger partial charge in [-0.3, -0.25) is 4.79 Å². The molecule has 0 aliphatic carbocycles. The third kappa shape index (κ3) is 4.32. The number of benzene rings is 2. The highest BCUT2D eigenvalue weighted by Crippen LogP contribution is 2.17. The molecular weight excluding hydrogens is 322 g/mol. The van der Waals surface area contributed by atoms with E-state index >= 15 is 0 Å². The summed E-state index contributed by atoms with van der Waals surface area (Å²) >= 11 is 5.74. The first-order valence-electron chi connectivity index (χ1n) is 6.72. The molecule has 0 bridgehead atoms. The zero-order valence-electron chi connectivity index (χ0n) is 12.0. The van der Waals surface area contributed by atoms with Gasteiger partial charge in [0.1, 0.15) is 0 Å². The Kier molecular flexibility index (Phi) is 5.21. The number of amides is 1. The number of anilines is 1. The van der Waals surface area contributed by atoms with Crippen molar-refractivity contribution in [1.29, 1.82) is 0 Å². The number of carbonyl (C=O) groups is 1. The highest BCUT2D eigenvalue weighted by atomic mass is 35.5. The molecule has 2 aromatic rings. The number of hydrogen-bond acceptors (Lipinski definition) is 3. The molecule has 0 radical (unpaired) electrons. The first-order chi connectivity index (χ1) is 10.4. The van der Waals surface area contributed by atoms with E-state index < -0.39 is 9.84 Å². The Morgan fingerprint density at radius 3 is 2.36 bits per heavy atom. The summed E-state index contributed by atoms with van der Waals surface area (Å²) in [4.78, 5) is 12.1. The maximum Gasteiger partial charge on any atom is 0.225 e. The quantitative estimate of drug-likeness (QED) is 0.908. The predicted octanol–water partition coefficient (Wildman–Crippen LogP) is 3.45. The zero-order valence-corrected chi connectivity index (χ0v) is 13.6. The Morgan fingerprint density at radius 1 is 1.09 bits per heavy atom. The molecule has 0 saturated heterocycles. The molecule has 6 heteroatoms. The smallest absolute Gasteiger partial charge is 0.225 e. The molecule has 0 aliphatic rings. The predicted molar refractivity (Wildman–Crippen MR) is 87.9 cm³/mol. The molecule has 116 valence electrons. The minimum Gasteiger partial charge on any atom is -0.326 e. The molecule has 0 saturated carbocycles. The van der Waals surface area contributed by atoms with Crippen molar-refractivity contribution < 1.29 is 13.2 Å². The van der Waals surface area contributed by atoms with Crippen LogP contribution in [0.15, 0.2) is 53.4 Å². The monoisotopic (exact) mass is 337 g/mol. The summed E-state index contributed by atoms with van der Waals surface area (Å²) in [5, 5.41) is 3.19. The first-order valence-corrected chi connectivity index (χ1v) is 8.75. The molecule has 1 amide bonds. The van der Waals surface area contributed by atoms with E-state index in [1.165, 1.54) is 24.3 Å². The van der Waals surface area contributed by atoms with Crippen molar-refractivity contribution in [3.63, 3.8) is 0 Å². The van der Waals surface area contributed by atoms with Gasteiger partial charge >= 0.3 is 0 Å². The summed E-state index contributed by atoms with van der Waals surface area (Å²) in [6, 6.07) is 13.3. The minimum absolute atomic E-state index is 0.0979. The topological polar surface area (TPSA) is 63.2 Å². The summed E-state index contributed by atoms with van der Waals surface area (Å²) in [6.07, 6.45) is -0.0979. The summed E-state index contributed by atoms with van der Waals surface area (Å²) in [7, 11) is -3.49. The van der Waals surface area contributed by atoms with Gasteiger partial charge in [-0.15, -0.1) is 0 Å². The Labute approximate surface area is 135 Å². The molecule has 0 spiro atoms. The van der Waals surface area contributed by atoms with Crippen LogP contribution >= 0.6 is 11.6 Å². The number of aryl methyl sites for hydroxylation is 1. The van der Waals surface area contributed by atoms with Crippen LogP contribution in [0.4, 0.5) is 5.69 Å². The molecule has 0 aromatic heterocycles. The van der Waals surface area contributed by atoms with Gasteiger partial charge < -0.3 is 5.32 Å². The van der Waals surface area contributed by atoms with Crippen molar-refractivity contribution in [1.82, 2.24) is 0 Å². The van der Waals surface area contributed by atoms with Crippen LogP contribution in [0.2, 0.25) is 5.02 Å². The third-order valence-corrected chi connectivity index (χ3v) is 5.17. The number of rotatable bonds is 5. The molecule has 1 N–H and O–H groups in total. The Bertz CT molecular complexity index is 770. The van der Waals surface area contributed by atoms with Crippen LogP contribution in [0.25, 0.3) is 0 Å². The molecule has 2 rings (SSSR count). The second-order valence-corrected chi connectivity index (χ2v) is 7.43. The van der Waals surface area contributed by atoms with Gasteiger partial charge in [-0.25, -0.2) is 8.42 Å². The highest BCUT2D eigenvalue weighted by molar-refractivity contribution is 7.91. The van der Waals surface area contributed by atoms with Crippen LogP contribution in [0.1, 0.15) is 12.0 Å². The number of hydrogen-bond donors (Lipinski definition) is 1. The summed E-state index contributed by atoms with van der Waals surface area (Å²) < 4.78 is 24.3. The molecule has 0 unspecified atom stereocenters. The van der Waals surface area contributed by atoms with Crippen LogP contribution in [-0.2, 0) is 14.6 Å². The standard InChI is InChI=1S/C16H16ClNO3S/c1-12-4-2-3-5-15(12)18-16(19)10-11-22(20,21)14-8-6-13(17)7-9-14/h2-9H,10-11H2,1H3,(H,18,19). The van der Waals surface area contributed by atoms with Crippen molar-refractivity contribution >= 4 is 33.0 Å². The fourth-order valence-corrected chi connectivity index (χ4v) is 3.28. The fourth-order valence-electron chi connectivity index (χ4n) is 1.91. The van der Waals surface area contributed by atoms with Gasteiger partial charge in [-0.05, 0) is 42.8 Å². The number of sulfone groups is 1. The lowest BCUT2D eigenvalue weighted by molar-refractivity contribution is -0.115. The molecule has 22 heavy (non-hydrogen) atoms. The number of nitrogens with one attached hydrogen (secondary N) is 1. The van der Waals surface area contributed by atoms with E-state index in [0.29, 0.717) is 10.7 Å². The number of para-hydroxylation sites is 1. The zero-order chi connectivity index (χ0) is 16.2. The van der Waals surface area contributed by atoms with Crippen molar-refractivity contribution in [2.75, 3.05) is 11.1 Å². The van der Waals surface area contributed by atoms with Gasteiger partial charge in [0, 0.05) is 17.1 Å². The molecule has 0 aliphatic heterocycles. The van der Waals surface area contributed by atoms with Crippen LogP contribution in [0.3, 0.4) is 0 Å². The Morgan fingerprint density at radius 2 is 1.73 bits per heavy atom. The molecule has 4 nitrogen and oxygen atoms in total. The van der Waals surface area contributed by atoms with Gasteiger partial charge in [-0.2, -0.15) is 0 Å². The van der Waals surface area contributed by atoms with Crippen LogP contribution < -0.4 is 5.32 Å². The highest BCUT2D eigenvalue weighted by Gasteiger charge is 2.16. The van der Waals surface area contributed by atoms with Crippen LogP contribution in [0, 0.1) is 6.92 Å². The average molecular weight is 338 g/mol. The second kappa shape index (κ2) is 6.94. The Balaban J connectivity index is 1.98. The van der Waals surface area contributed by atoms with Gasteiger partial charge in [-0.1, -0.05) is 29.8 Å². The van der Waals surface area contributed by atoms with Gasteiger partial charge in [0.05, 0.1) is 10.6 Å². The lowest BCUT2D eigenvalue weighted by atomic mass is 10.2. The second-order valence-electron chi connectivity index (χ2n) is 4.89. The number of halogens is 1. The summed E-state index contributed by atoms with van der Waals surface area (Å²) in [5.41, 5.74) is 1.62. The maximum absolute atomic E-state index is 12.1. The van der Waals surface area contributed by atoms with Gasteiger partial charge in [0.2, 0.25) is 5.91 Å². The largest absolute Gasteiger partial charge is 0.326 e. The van der Waals surface area contributed by atoms with E-state index in [1.807, 2.05) is 25.1 Å². The molecule has 0 heterocycles. The lowest BCUT2D eigenvalue weighted by Gasteiger charge is -2.08. The van der Waals surface area contributed by atoms with Crippen LogP contribution in [0.5, 0.6) is 0 Å². The van der Waals surface area contributed by atoms with Gasteiger partial charge in [0.25, 0.3) is 0 Å². The van der Waals surface area contributed by atoms with E-state index in [0.717, 1.165) is 5.56 Å². The molecule has 2 aromatic carbocycles. The SMILES string of the molecule is Cc1ccccc1NC(=O)CCS(=O)(=O)c1ccc(Cl)cc1. The van der Waals surface area contributed by atoms with Crippen molar-refractivity contribution in [3.8, 4) is 0 Å². The number of carbonyl (C=O) groups excluding carboxylic acids is 1. The summed E-state index contributed by atoms with van der Waals surface area (Å²) in [5.74, 6) is -0.571. The van der Waals surface area contributed by atoms with E-state index in [9.17, 15) is 13.2 Å². The van der Waals surface area contributed by atoms with Crippen molar-refractivity contribution in [2.45, 2.75) is 18.2 Å². The van der Waals surface area contributed by atoms with Gasteiger partial charge in [0.15, 0.2) is 9.84 Å². The van der Waals surface area contributed by atoms with E-state index in [-0.39, 0.29) is 23.0 Å². The first kappa shape index (κ1) is 16.5. The molecular formula is C16H16ClNO3S. The average Bonchev–Trinajstić information content (AvgIpc) is 2.48. The minimum atomic E-state index is -3.49. The van der Waals surface area contributed by atoms with Crippen molar-refractivity contribution in [2.24, 2.45) is 0 Å². The molecule has 0 atom stereocenters. The van der Waals surface area contributed by atoms with Crippen molar-refractivity contribution in [3.05, 3.63) is 59.1 Å². The molecule has 0 fully saturated rings. The van der Waals surface area contributed by atoms with E-state index in [4.69, 9.17) is 11.6 Å². The van der Waals surface area contributed by atoms with E-state index in [1.54, 1.807) is 6.07 Å². The third-order valence-electron chi connectivity index (χ3n) is 3.19. The normalized spacial score (nSPS) is 11.2. The Hall–Kier alpha value is -1.85. The van der Waals surface area contributed by atoms with Crippen LogP contribution in [-0.4, -0.2) is 20.1 Å². The lowest BCUT2D eigenvalue weighted by Crippen LogP contribution is -2.17. The fraction of sp³-hybridized carbons (Fsp3) is 0.188. The van der Waals surface area contributed by atoms with E-state index in [2.05, 4.69) is 5.32 Å². The summed E-state index contributed by atoms with van der Waals surface area (Å²) in [6.45, 7) is 1.88. The maximum atomic E-state index is 12.1.